The van der Waals surface area contributed by atoms with Gasteiger partial charge in [-0.05, 0) is 0 Å². The van der Waals surface area contributed by atoms with Gasteiger partial charge in [-0.25, -0.2) is 4.79 Å². The summed E-state index contributed by atoms with van der Waals surface area (Å²) in [5.74, 6) is 0. The maximum absolute atomic E-state index is 10.3. The summed E-state index contributed by atoms with van der Waals surface area (Å²) in [6, 6.07) is 0. The van der Waals surface area contributed by atoms with Crippen LogP contribution >= 0.6 is 0 Å². The highest BCUT2D eigenvalue weighted by atomic mass is 16.5. The number of carbonyl (C=O) groups is 1. The molecule has 58 valence electrons. The third kappa shape index (κ3) is 5.07. The van der Waals surface area contributed by atoms with Gasteiger partial charge in [-0.15, -0.1) is 0 Å². The molecule has 0 atom stereocenters. The first-order chi connectivity index (χ1) is 4.66. The molecule has 0 aliphatic carbocycles. The Kier molecular flexibility index (Phi) is 4.26. The number of hydrogen-bond donors (Lipinski definition) is 3. The van der Waals surface area contributed by atoms with Gasteiger partial charge in [0, 0.05) is 0 Å². The quantitative estimate of drug-likeness (QED) is 0.359. The van der Waals surface area contributed by atoms with Gasteiger partial charge >= 0.3 is 6.09 Å². The molecule has 0 radical (unpaired) electrons. The van der Waals surface area contributed by atoms with Gasteiger partial charge in [0.25, 0.3) is 0 Å². The summed E-state index contributed by atoms with van der Waals surface area (Å²) in [6.45, 7) is 2.86. The topological polar surface area (TPSA) is 78.8 Å². The van der Waals surface area contributed by atoms with Crippen LogP contribution in [0.3, 0.4) is 0 Å². The van der Waals surface area contributed by atoms with Crippen molar-refractivity contribution in [3.05, 3.63) is 12.8 Å². The lowest BCUT2D eigenvalue weighted by atomic mass is 10.6. The molecule has 0 rings (SSSR count). The highest BCUT2D eigenvalue weighted by Gasteiger charge is 2.01. The average Bonchev–Trinajstić information content (AvgIpc) is 1.85. The van der Waals surface area contributed by atoms with Gasteiger partial charge in [0.05, 0.1) is 12.8 Å². The molecule has 0 spiro atoms. The molecule has 5 heteroatoms. The van der Waals surface area contributed by atoms with Crippen molar-refractivity contribution in [2.24, 2.45) is 0 Å². The van der Waals surface area contributed by atoms with Crippen LogP contribution in [-0.4, -0.2) is 29.1 Å². The second kappa shape index (κ2) is 4.78. The van der Waals surface area contributed by atoms with E-state index in [9.17, 15) is 4.79 Å². The number of ether oxygens (including phenoxy) is 1. The van der Waals surface area contributed by atoms with E-state index in [-0.39, 0.29) is 6.54 Å². The monoisotopic (exact) mass is 147 g/mol. The molecular weight excluding hydrogens is 138 g/mol. The third-order valence-electron chi connectivity index (χ3n) is 0.619. The number of rotatable bonds is 3. The predicted octanol–water partition coefficient (Wildman–Crippen LogP) is -0.833. The first kappa shape index (κ1) is 8.93. The van der Waals surface area contributed by atoms with Gasteiger partial charge in [-0.2, -0.15) is 0 Å². The number of aliphatic hydroxyl groups is 2. The van der Waals surface area contributed by atoms with Crippen LogP contribution in [0.1, 0.15) is 0 Å². The lowest BCUT2D eigenvalue weighted by molar-refractivity contribution is -0.0363. The molecule has 0 saturated heterocycles. The molecule has 0 heterocycles. The standard InChI is InChI=1S/C5H9NO4/c1-2-10-5(9)6-3-4(7)8/h2,4,7-8H,1,3H2,(H,6,9). The number of hydrogen-bond acceptors (Lipinski definition) is 4. The van der Waals surface area contributed by atoms with Crippen LogP contribution < -0.4 is 5.32 Å². The zero-order valence-corrected chi connectivity index (χ0v) is 5.28. The van der Waals surface area contributed by atoms with Crippen molar-refractivity contribution in [2.75, 3.05) is 6.54 Å². The fraction of sp³-hybridized carbons (Fsp3) is 0.400. The van der Waals surface area contributed by atoms with Crippen molar-refractivity contribution in [1.29, 1.82) is 0 Å². The van der Waals surface area contributed by atoms with Crippen molar-refractivity contribution in [3.63, 3.8) is 0 Å². The van der Waals surface area contributed by atoms with Crippen LogP contribution in [0.2, 0.25) is 0 Å². The first-order valence-corrected chi connectivity index (χ1v) is 2.58. The van der Waals surface area contributed by atoms with Gasteiger partial charge in [-0.1, -0.05) is 6.58 Å². The van der Waals surface area contributed by atoms with E-state index in [1.165, 1.54) is 0 Å². The maximum atomic E-state index is 10.3. The predicted molar refractivity (Wildman–Crippen MR) is 32.9 cm³/mol. The molecule has 0 aromatic heterocycles. The number of aliphatic hydroxyl groups excluding tert-OH is 1. The zero-order valence-electron chi connectivity index (χ0n) is 5.28. The minimum absolute atomic E-state index is 0.257. The van der Waals surface area contributed by atoms with Crippen LogP contribution in [-0.2, 0) is 4.74 Å². The van der Waals surface area contributed by atoms with E-state index in [2.05, 4.69) is 16.6 Å². The Bertz CT molecular complexity index is 123. The Labute approximate surface area is 57.9 Å². The highest BCUT2D eigenvalue weighted by Crippen LogP contribution is 1.77. The van der Waals surface area contributed by atoms with Gasteiger partial charge < -0.3 is 20.3 Å². The van der Waals surface area contributed by atoms with E-state index in [0.29, 0.717) is 0 Å². The van der Waals surface area contributed by atoms with Crippen LogP contribution in [0, 0.1) is 0 Å². The molecule has 0 saturated carbocycles. The summed E-state index contributed by atoms with van der Waals surface area (Å²) in [7, 11) is 0. The van der Waals surface area contributed by atoms with Crippen molar-refractivity contribution >= 4 is 6.09 Å². The molecule has 3 N–H and O–H groups in total. The SMILES string of the molecule is C=COC(=O)NCC(O)O. The van der Waals surface area contributed by atoms with E-state index in [1.807, 2.05) is 0 Å². The van der Waals surface area contributed by atoms with Gasteiger partial charge in [0.15, 0.2) is 6.29 Å². The molecule has 0 bridgehead atoms. The van der Waals surface area contributed by atoms with E-state index >= 15 is 0 Å². The molecule has 0 aromatic rings. The lowest BCUT2D eigenvalue weighted by Crippen LogP contribution is -2.31. The Balaban J connectivity index is 3.30. The summed E-state index contributed by atoms with van der Waals surface area (Å²) >= 11 is 0. The minimum atomic E-state index is -1.56. The number of amides is 1. The second-order valence-corrected chi connectivity index (χ2v) is 1.43. The van der Waals surface area contributed by atoms with Crippen molar-refractivity contribution < 1.29 is 19.7 Å². The number of carbonyl (C=O) groups excluding carboxylic acids is 1. The van der Waals surface area contributed by atoms with Gasteiger partial charge in [0.2, 0.25) is 0 Å². The third-order valence-corrected chi connectivity index (χ3v) is 0.619. The summed E-state index contributed by atoms with van der Waals surface area (Å²) in [5.41, 5.74) is 0. The van der Waals surface area contributed by atoms with Crippen molar-refractivity contribution in [1.82, 2.24) is 5.32 Å². The summed E-state index contributed by atoms with van der Waals surface area (Å²) in [5, 5.41) is 18.5. The zero-order chi connectivity index (χ0) is 7.98. The summed E-state index contributed by atoms with van der Waals surface area (Å²) in [6.07, 6.45) is -1.38. The van der Waals surface area contributed by atoms with Crippen LogP contribution in [0.15, 0.2) is 12.8 Å². The summed E-state index contributed by atoms with van der Waals surface area (Å²) in [4.78, 5) is 10.3. The highest BCUT2D eigenvalue weighted by molar-refractivity contribution is 5.67. The Morgan fingerprint density at radius 2 is 2.40 bits per heavy atom. The normalized spacial score (nSPS) is 9.10. The lowest BCUT2D eigenvalue weighted by Gasteiger charge is -2.03. The minimum Gasteiger partial charge on any atom is -0.419 e. The van der Waals surface area contributed by atoms with Gasteiger partial charge in [-0.3, -0.25) is 0 Å². The van der Waals surface area contributed by atoms with Crippen LogP contribution in [0.4, 0.5) is 4.79 Å². The van der Waals surface area contributed by atoms with Crippen LogP contribution in [0.25, 0.3) is 0 Å². The van der Waals surface area contributed by atoms with Gasteiger partial charge in [0.1, 0.15) is 0 Å². The molecule has 10 heavy (non-hydrogen) atoms. The summed E-state index contributed by atoms with van der Waals surface area (Å²) < 4.78 is 4.18. The van der Waals surface area contributed by atoms with Crippen molar-refractivity contribution in [2.45, 2.75) is 6.29 Å². The molecule has 0 aromatic carbocycles. The van der Waals surface area contributed by atoms with E-state index in [4.69, 9.17) is 10.2 Å². The molecule has 0 unspecified atom stereocenters. The molecule has 0 aliphatic rings. The Morgan fingerprint density at radius 1 is 1.80 bits per heavy atom. The van der Waals surface area contributed by atoms with Crippen molar-refractivity contribution in [3.8, 4) is 0 Å². The average molecular weight is 147 g/mol. The molecular formula is C5H9NO4. The Hall–Kier alpha value is -1.07. The molecule has 0 aliphatic heterocycles. The maximum Gasteiger partial charge on any atom is 0.412 e. The molecule has 5 nitrogen and oxygen atoms in total. The number of nitrogens with one attached hydrogen (secondary N) is 1. The van der Waals surface area contributed by atoms with E-state index < -0.39 is 12.4 Å². The fourth-order valence-electron chi connectivity index (χ4n) is 0.292. The van der Waals surface area contributed by atoms with E-state index in [1.54, 1.807) is 0 Å². The van der Waals surface area contributed by atoms with Crippen LogP contribution in [0.5, 0.6) is 0 Å². The van der Waals surface area contributed by atoms with E-state index in [0.717, 1.165) is 6.26 Å². The molecule has 1 amide bonds. The largest absolute Gasteiger partial charge is 0.419 e. The number of alkyl carbamates (subject to hydrolysis) is 1. The second-order valence-electron chi connectivity index (χ2n) is 1.43. The smallest absolute Gasteiger partial charge is 0.412 e. The first-order valence-electron chi connectivity index (χ1n) is 2.58. The Morgan fingerprint density at radius 3 is 2.80 bits per heavy atom. The fourth-order valence-corrected chi connectivity index (χ4v) is 0.292. The molecule has 0 fully saturated rings.